The standard InChI is InChI=1S/C71H87FN8O13S2/c1-42-59(82)37-49-33-46-12-9-15-53(34-46)92-28-6-7-29-93-60-17-10-16-54(64(84)57(77-66(49)86)36-50-39-74-56-23-20-51(72)38-55(50)56)62(60)67(87)79-63(44(3)81)68(88)78-58(35-45-18-21-52(91-5)22-19-45)69(89)80-27-11-25-71(80,4)70(90)73-26-31-95-41-48-14-8-13-47(32-48)40-94-30-24-61(83)75-43(2)65(85)76-42/h6-9,12-15,18-23,32,34,38-39,42-44,49,54,57-58,60,62-63,74,81H,10-11,16-17,24-31,33,35-37,40-41H2,1-5H3,(H,73,90)(H,75,83)(H,76,85)(H,77,86)(H,78,88)(H,79,87)/b7-6+/t42-,43+,44-,49-,54?,57+,58+,60+,62+,63+,71+/m1/s1. The van der Waals surface area contributed by atoms with Crippen molar-refractivity contribution in [2.24, 2.45) is 17.8 Å². The first-order chi connectivity index (χ1) is 45.7. The highest BCUT2D eigenvalue weighted by atomic mass is 32.2. The lowest BCUT2D eigenvalue weighted by Crippen LogP contribution is -2.63. The van der Waals surface area contributed by atoms with E-state index in [2.05, 4.69) is 43.0 Å². The zero-order valence-electron chi connectivity index (χ0n) is 54.4. The molecule has 4 aromatic carbocycles. The molecule has 1 saturated heterocycles. The minimum atomic E-state index is -1.72. The largest absolute Gasteiger partial charge is 0.497 e. The molecular formula is C71H87FN8O13S2. The molecule has 4 aliphatic rings. The molecular weight excluding hydrogens is 1260 g/mol. The molecule has 21 nitrogen and oxygen atoms in total. The predicted octanol–water partition coefficient (Wildman–Crippen LogP) is 6.15. The Morgan fingerprint density at radius 2 is 1.46 bits per heavy atom. The molecule has 1 unspecified atom stereocenters. The number of hydrogen-bond acceptors (Lipinski definition) is 15. The summed E-state index contributed by atoms with van der Waals surface area (Å²) in [6.45, 7) is 6.58. The van der Waals surface area contributed by atoms with Crippen molar-refractivity contribution in [3.8, 4) is 11.5 Å². The maximum Gasteiger partial charge on any atom is 0.246 e. The van der Waals surface area contributed by atoms with E-state index in [0.717, 1.165) is 11.1 Å². The molecule has 1 saturated carbocycles. The van der Waals surface area contributed by atoms with E-state index in [1.165, 1.54) is 44.9 Å². The topological polar surface area (TPSA) is 293 Å². The monoisotopic (exact) mass is 1340 g/mol. The molecule has 95 heavy (non-hydrogen) atoms. The third-order valence-corrected chi connectivity index (χ3v) is 20.3. The highest BCUT2D eigenvalue weighted by Gasteiger charge is 2.49. The first-order valence-electron chi connectivity index (χ1n) is 32.6. The summed E-state index contributed by atoms with van der Waals surface area (Å²) >= 11 is 3.19. The number of carbonyl (C=O) groups excluding carboxylic acids is 9. The number of thioether (sulfide) groups is 2. The summed E-state index contributed by atoms with van der Waals surface area (Å²) in [5.41, 5.74) is 3.05. The fourth-order valence-corrected chi connectivity index (χ4v) is 14.6. The van der Waals surface area contributed by atoms with E-state index in [1.807, 2.05) is 18.2 Å². The second-order valence-corrected chi connectivity index (χ2v) is 27.5. The van der Waals surface area contributed by atoms with Gasteiger partial charge in [-0.2, -0.15) is 23.5 Å². The van der Waals surface area contributed by atoms with Crippen LogP contribution in [0.15, 0.2) is 109 Å². The number of aliphatic hydroxyl groups excluding tert-OH is 1. The average molecular weight is 1340 g/mol. The predicted molar refractivity (Wildman–Crippen MR) is 361 cm³/mol. The van der Waals surface area contributed by atoms with Gasteiger partial charge >= 0.3 is 0 Å². The van der Waals surface area contributed by atoms with Crippen molar-refractivity contribution >= 4 is 87.3 Å². The van der Waals surface area contributed by atoms with Crippen molar-refractivity contribution < 1.29 is 66.9 Å². The minimum Gasteiger partial charge on any atom is -0.497 e. The number of carbonyl (C=O) groups is 9. The molecule has 7 amide bonds. The quantitative estimate of drug-likeness (QED) is 0.0885. The molecule has 0 radical (unpaired) electrons. The first kappa shape index (κ1) is 71.2. The number of Topliss-reactive ketones (excluding diaryl/α,β-unsaturated/α-hetero) is 2. The van der Waals surface area contributed by atoms with E-state index in [-0.39, 0.29) is 70.1 Å². The fourth-order valence-electron chi connectivity index (χ4n) is 12.9. The number of aromatic nitrogens is 1. The third kappa shape index (κ3) is 18.9. The number of nitrogens with one attached hydrogen (secondary N) is 7. The van der Waals surface area contributed by atoms with E-state index in [0.29, 0.717) is 87.9 Å². The highest BCUT2D eigenvalue weighted by molar-refractivity contribution is 7.98. The van der Waals surface area contributed by atoms with Gasteiger partial charge in [0.25, 0.3) is 0 Å². The first-order valence-corrected chi connectivity index (χ1v) is 34.9. The summed E-state index contributed by atoms with van der Waals surface area (Å²) in [5.74, 6) is -6.50. The van der Waals surface area contributed by atoms with Gasteiger partial charge in [0, 0.05) is 90.7 Å². The van der Waals surface area contributed by atoms with Gasteiger partial charge in [-0.05, 0) is 136 Å². The van der Waals surface area contributed by atoms with Gasteiger partial charge in [0.05, 0.1) is 43.9 Å². The highest BCUT2D eigenvalue weighted by Crippen LogP contribution is 2.37. The zero-order valence-corrected chi connectivity index (χ0v) is 56.0. The van der Waals surface area contributed by atoms with E-state index in [1.54, 1.807) is 103 Å². The van der Waals surface area contributed by atoms with Crippen molar-refractivity contribution in [1.29, 1.82) is 0 Å². The van der Waals surface area contributed by atoms with Gasteiger partial charge in [0.2, 0.25) is 41.4 Å². The Hall–Kier alpha value is -8.06. The number of ketones is 2. The van der Waals surface area contributed by atoms with Gasteiger partial charge < -0.3 is 61.1 Å². The Kier molecular flexibility index (Phi) is 25.2. The molecule has 1 aromatic heterocycles. The van der Waals surface area contributed by atoms with Crippen LogP contribution in [0.1, 0.15) is 100 Å². The van der Waals surface area contributed by atoms with Crippen LogP contribution in [0.5, 0.6) is 11.5 Å². The fraction of sp³-hybridized carbons (Fsp3) is 0.479. The Morgan fingerprint density at radius 3 is 2.22 bits per heavy atom. The van der Waals surface area contributed by atoms with Gasteiger partial charge in [0.1, 0.15) is 47.6 Å². The Morgan fingerprint density at radius 1 is 0.737 bits per heavy atom. The molecule has 8 N–H and O–H groups in total. The Labute approximate surface area is 561 Å². The van der Waals surface area contributed by atoms with Crippen LogP contribution in [-0.2, 0) is 78.7 Å². The van der Waals surface area contributed by atoms with Crippen LogP contribution in [0.3, 0.4) is 0 Å². The van der Waals surface area contributed by atoms with Crippen molar-refractivity contribution in [2.45, 2.75) is 151 Å². The van der Waals surface area contributed by atoms with Gasteiger partial charge in [-0.25, -0.2) is 4.39 Å². The molecule has 4 heterocycles. The number of ether oxygens (including phenoxy) is 3. The number of aliphatic hydroxyl groups is 1. The van der Waals surface area contributed by atoms with Gasteiger partial charge in [-0.1, -0.05) is 61.0 Å². The molecule has 24 heteroatoms. The molecule has 1 aliphatic carbocycles. The number of methoxy groups -OCH3 is 1. The van der Waals surface area contributed by atoms with E-state index < -0.39 is 119 Å². The zero-order chi connectivity index (χ0) is 67.8. The molecule has 3 aliphatic heterocycles. The van der Waals surface area contributed by atoms with Crippen LogP contribution in [0.2, 0.25) is 0 Å². The Bertz CT molecular complexity index is 3610. The number of fused-ring (bicyclic) bond motifs is 10. The lowest BCUT2D eigenvalue weighted by Gasteiger charge is -2.39. The van der Waals surface area contributed by atoms with Crippen molar-refractivity contribution in [1.82, 2.24) is 41.8 Å². The maximum absolute atomic E-state index is 15.9. The summed E-state index contributed by atoms with van der Waals surface area (Å²) in [5, 5.41) is 29.1. The summed E-state index contributed by atoms with van der Waals surface area (Å²) in [6.07, 6.45) is 3.48. The number of halogens is 1. The number of benzene rings is 4. The normalized spacial score (nSPS) is 27.3. The molecule has 8 bridgehead atoms. The number of nitrogens with zero attached hydrogens (tertiary/aromatic N) is 1. The van der Waals surface area contributed by atoms with Crippen molar-refractivity contribution in [3.63, 3.8) is 0 Å². The van der Waals surface area contributed by atoms with Crippen LogP contribution in [0, 0.1) is 23.6 Å². The minimum absolute atomic E-state index is 0.0297. The molecule has 0 spiro atoms. The average Bonchev–Trinajstić information content (AvgIpc) is 1.77. The Balaban J connectivity index is 1.07. The lowest BCUT2D eigenvalue weighted by atomic mass is 9.72. The molecule has 9 rings (SSSR count). The van der Waals surface area contributed by atoms with E-state index in [4.69, 9.17) is 14.2 Å². The van der Waals surface area contributed by atoms with Crippen LogP contribution in [0.4, 0.5) is 4.39 Å². The molecule has 11 atom stereocenters. The maximum atomic E-state index is 15.9. The van der Waals surface area contributed by atoms with Gasteiger partial charge in [-0.3, -0.25) is 43.2 Å². The molecule has 508 valence electrons. The van der Waals surface area contributed by atoms with Gasteiger partial charge in [-0.15, -0.1) is 0 Å². The summed E-state index contributed by atoms with van der Waals surface area (Å²) < 4.78 is 33.0. The van der Waals surface area contributed by atoms with E-state index >= 15 is 23.6 Å². The second kappa shape index (κ2) is 33.6. The SMILES string of the molecule is COc1ccc(C[C@@H]2NC(=O)[C@H]([C@@H](C)O)NC(=O)[C@H]3C4CCC[C@@H]3OC/C=C/COc3cccc(c3)C[C@H](CC(=O)[C@@H](C)NC(=O)[C@H](C)NC(=O)CCSCc3cccc(c3)CSCCNC(=O)[C@]3(C)CCCN3C2=O)C(=O)N[C@@H](Cc2c[nH]c3ccc(F)cc23)C4=O)cc1. The van der Waals surface area contributed by atoms with E-state index in [9.17, 15) is 29.1 Å². The van der Waals surface area contributed by atoms with Crippen LogP contribution < -0.4 is 41.4 Å². The molecule has 2 fully saturated rings. The summed E-state index contributed by atoms with van der Waals surface area (Å²) in [7, 11) is 1.52. The number of amides is 7. The second-order valence-electron chi connectivity index (χ2n) is 25.3. The van der Waals surface area contributed by atoms with Crippen molar-refractivity contribution in [3.05, 3.63) is 143 Å². The number of aromatic amines is 1. The molecule has 5 aromatic rings. The third-order valence-electron chi connectivity index (χ3n) is 18.3. The summed E-state index contributed by atoms with van der Waals surface area (Å²) in [4.78, 5) is 137. The van der Waals surface area contributed by atoms with Crippen LogP contribution >= 0.6 is 23.5 Å². The van der Waals surface area contributed by atoms with Crippen molar-refractivity contribution in [2.75, 3.05) is 44.9 Å². The summed E-state index contributed by atoms with van der Waals surface area (Å²) in [6, 6.07) is 19.5. The number of rotatable bonds is 6. The van der Waals surface area contributed by atoms with Crippen LogP contribution in [0.25, 0.3) is 10.9 Å². The van der Waals surface area contributed by atoms with Crippen LogP contribution in [-0.4, -0.2) is 161 Å². The smallest absolute Gasteiger partial charge is 0.246 e. The lowest BCUT2D eigenvalue weighted by molar-refractivity contribution is -0.148. The van der Waals surface area contributed by atoms with Gasteiger partial charge in [0.15, 0.2) is 11.6 Å². The number of hydrogen-bond donors (Lipinski definition) is 8. The number of H-pyrrole nitrogens is 1.